The summed E-state index contributed by atoms with van der Waals surface area (Å²) in [5, 5.41) is 2.09. The Morgan fingerprint density at radius 2 is 1.65 bits per heavy atom. The van der Waals surface area contributed by atoms with E-state index in [4.69, 9.17) is 23.2 Å². The van der Waals surface area contributed by atoms with Gasteiger partial charge in [0.2, 0.25) is 0 Å². The first-order valence-corrected chi connectivity index (χ1v) is 9.92. The summed E-state index contributed by atoms with van der Waals surface area (Å²) in [4.78, 5) is 13.7. The molecule has 0 atom stereocenters. The van der Waals surface area contributed by atoms with E-state index < -0.39 is 0 Å². The predicted octanol–water partition coefficient (Wildman–Crippen LogP) is 5.82. The lowest BCUT2D eigenvalue weighted by molar-refractivity contribution is 0.533. The number of rotatable bonds is 5. The van der Waals surface area contributed by atoms with Crippen LogP contribution in [0, 0.1) is 0 Å². The zero-order chi connectivity index (χ0) is 18.8. The molecule has 0 fully saturated rings. The second kappa shape index (κ2) is 7.95. The highest BCUT2D eigenvalue weighted by Crippen LogP contribution is 2.35. The maximum atomic E-state index is 12.8. The Kier molecular flexibility index (Phi) is 5.86. The Morgan fingerprint density at radius 3 is 2.23 bits per heavy atom. The van der Waals surface area contributed by atoms with Gasteiger partial charge >= 0.3 is 5.69 Å². The predicted molar refractivity (Wildman–Crippen MR) is 110 cm³/mol. The summed E-state index contributed by atoms with van der Waals surface area (Å²) in [6.45, 7) is 4.03. The zero-order valence-electron chi connectivity index (χ0n) is 14.9. The molecule has 0 amide bonds. The van der Waals surface area contributed by atoms with Crippen molar-refractivity contribution in [2.24, 2.45) is 7.05 Å². The van der Waals surface area contributed by atoms with E-state index in [2.05, 4.69) is 12.1 Å². The van der Waals surface area contributed by atoms with Gasteiger partial charge in [0.15, 0.2) is 0 Å². The van der Waals surface area contributed by atoms with E-state index in [0.717, 1.165) is 21.2 Å². The van der Waals surface area contributed by atoms with Crippen LogP contribution in [0.1, 0.15) is 31.1 Å². The van der Waals surface area contributed by atoms with Crippen molar-refractivity contribution in [3.8, 4) is 0 Å². The number of halogens is 2. The summed E-state index contributed by atoms with van der Waals surface area (Å²) in [6.07, 6.45) is 0.683. The highest BCUT2D eigenvalue weighted by molar-refractivity contribution is 7.99. The molecule has 0 saturated carbocycles. The molecular formula is C20H20Cl2N2OS. The molecule has 0 bridgehead atoms. The molecule has 1 aromatic heterocycles. The van der Waals surface area contributed by atoms with Crippen molar-refractivity contribution in [1.29, 1.82) is 0 Å². The summed E-state index contributed by atoms with van der Waals surface area (Å²) in [5.74, 6) is 0. The number of nitrogens with zero attached hydrogens (tertiary/aromatic N) is 2. The number of imidazole rings is 1. The van der Waals surface area contributed by atoms with Crippen LogP contribution in [-0.2, 0) is 13.5 Å². The zero-order valence-corrected chi connectivity index (χ0v) is 17.2. The average molecular weight is 407 g/mol. The molecule has 0 unspecified atom stereocenters. The van der Waals surface area contributed by atoms with Crippen LogP contribution in [0.15, 0.2) is 63.2 Å². The van der Waals surface area contributed by atoms with E-state index >= 15 is 0 Å². The van der Waals surface area contributed by atoms with Crippen molar-refractivity contribution in [1.82, 2.24) is 9.13 Å². The van der Waals surface area contributed by atoms with Gasteiger partial charge < -0.3 is 0 Å². The molecule has 26 heavy (non-hydrogen) atoms. The van der Waals surface area contributed by atoms with Crippen molar-refractivity contribution >= 4 is 35.0 Å². The van der Waals surface area contributed by atoms with Gasteiger partial charge in [0.1, 0.15) is 5.03 Å². The standard InChI is InChI=1S/C20H20Cl2N2OS/c1-13(2)24-19(26-17-11-15(21)10-16(22)12-17)18(23(3)20(24)25)9-14-7-5-4-6-8-14/h4-8,10-13H,9H2,1-3H3. The summed E-state index contributed by atoms with van der Waals surface area (Å²) in [7, 11) is 1.83. The molecule has 0 radical (unpaired) electrons. The van der Waals surface area contributed by atoms with Gasteiger partial charge in [-0.05, 0) is 37.6 Å². The number of aromatic nitrogens is 2. The molecule has 3 aromatic rings. The summed E-state index contributed by atoms with van der Waals surface area (Å²) in [6, 6.07) is 15.6. The summed E-state index contributed by atoms with van der Waals surface area (Å²) in [5.41, 5.74) is 2.13. The van der Waals surface area contributed by atoms with Crippen LogP contribution in [0.5, 0.6) is 0 Å². The lowest BCUT2D eigenvalue weighted by atomic mass is 10.1. The van der Waals surface area contributed by atoms with E-state index in [1.54, 1.807) is 10.6 Å². The number of hydrogen-bond donors (Lipinski definition) is 0. The Bertz CT molecular complexity index is 957. The minimum absolute atomic E-state index is 0.0124. The third kappa shape index (κ3) is 4.03. The number of benzene rings is 2. The van der Waals surface area contributed by atoms with Gasteiger partial charge in [0.05, 0.1) is 5.69 Å². The van der Waals surface area contributed by atoms with Gasteiger partial charge in [-0.15, -0.1) is 0 Å². The first-order chi connectivity index (χ1) is 12.4. The first kappa shape index (κ1) is 19.2. The van der Waals surface area contributed by atoms with E-state index in [9.17, 15) is 4.79 Å². The fourth-order valence-corrected chi connectivity index (χ4v) is 4.86. The highest BCUT2D eigenvalue weighted by atomic mass is 35.5. The molecule has 136 valence electrons. The second-order valence-electron chi connectivity index (χ2n) is 6.43. The molecule has 0 aliphatic heterocycles. The molecule has 3 nitrogen and oxygen atoms in total. The van der Waals surface area contributed by atoms with Gasteiger partial charge in [-0.25, -0.2) is 4.79 Å². The molecule has 0 aliphatic carbocycles. The molecule has 0 N–H and O–H groups in total. The highest BCUT2D eigenvalue weighted by Gasteiger charge is 2.21. The van der Waals surface area contributed by atoms with E-state index in [-0.39, 0.29) is 11.7 Å². The Labute approximate surface area is 167 Å². The van der Waals surface area contributed by atoms with Crippen LogP contribution in [0.3, 0.4) is 0 Å². The molecule has 2 aromatic carbocycles. The molecule has 1 heterocycles. The quantitative estimate of drug-likeness (QED) is 0.533. The van der Waals surface area contributed by atoms with Crippen LogP contribution in [0.25, 0.3) is 0 Å². The van der Waals surface area contributed by atoms with E-state index in [1.807, 2.05) is 55.8 Å². The molecule has 6 heteroatoms. The fourth-order valence-electron chi connectivity index (χ4n) is 2.89. The Hall–Kier alpha value is -1.62. The van der Waals surface area contributed by atoms with Gasteiger partial charge in [0, 0.05) is 34.5 Å². The molecule has 0 aliphatic rings. The maximum Gasteiger partial charge on any atom is 0.329 e. The van der Waals surface area contributed by atoms with Gasteiger partial charge in [0.25, 0.3) is 0 Å². The third-order valence-electron chi connectivity index (χ3n) is 4.14. The Balaban J connectivity index is 2.11. The van der Waals surface area contributed by atoms with Crippen LogP contribution in [0.2, 0.25) is 10.0 Å². The lowest BCUT2D eigenvalue weighted by Gasteiger charge is -2.13. The van der Waals surface area contributed by atoms with Crippen LogP contribution < -0.4 is 5.69 Å². The van der Waals surface area contributed by atoms with Crippen molar-refractivity contribution < 1.29 is 0 Å². The van der Waals surface area contributed by atoms with Crippen molar-refractivity contribution in [2.75, 3.05) is 0 Å². The minimum atomic E-state index is -0.0124. The van der Waals surface area contributed by atoms with Crippen LogP contribution >= 0.6 is 35.0 Å². The summed E-state index contributed by atoms with van der Waals surface area (Å²) >= 11 is 13.8. The normalized spacial score (nSPS) is 11.3. The Morgan fingerprint density at radius 1 is 1.04 bits per heavy atom. The van der Waals surface area contributed by atoms with Crippen LogP contribution in [0.4, 0.5) is 0 Å². The second-order valence-corrected chi connectivity index (χ2v) is 8.36. The smallest absolute Gasteiger partial charge is 0.298 e. The van der Waals surface area contributed by atoms with Gasteiger partial charge in [-0.3, -0.25) is 9.13 Å². The van der Waals surface area contributed by atoms with Crippen LogP contribution in [-0.4, -0.2) is 9.13 Å². The SMILES string of the molecule is CC(C)n1c(Sc2cc(Cl)cc(Cl)c2)c(Cc2ccccc2)n(C)c1=O. The topological polar surface area (TPSA) is 26.9 Å². The molecule has 3 rings (SSSR count). The van der Waals surface area contributed by atoms with E-state index in [1.165, 1.54) is 11.8 Å². The first-order valence-electron chi connectivity index (χ1n) is 8.34. The average Bonchev–Trinajstić information content (AvgIpc) is 2.79. The van der Waals surface area contributed by atoms with Crippen molar-refractivity contribution in [2.45, 2.75) is 36.2 Å². The summed E-state index contributed by atoms with van der Waals surface area (Å²) < 4.78 is 3.57. The molecule has 0 spiro atoms. The van der Waals surface area contributed by atoms with Crippen molar-refractivity contribution in [3.63, 3.8) is 0 Å². The molecular weight excluding hydrogens is 387 g/mol. The van der Waals surface area contributed by atoms with Crippen molar-refractivity contribution in [3.05, 3.63) is 80.3 Å². The number of hydrogen-bond acceptors (Lipinski definition) is 2. The molecule has 0 saturated heterocycles. The van der Waals surface area contributed by atoms with E-state index in [0.29, 0.717) is 16.5 Å². The van der Waals surface area contributed by atoms with Gasteiger partial charge in [-0.2, -0.15) is 0 Å². The third-order valence-corrected chi connectivity index (χ3v) is 5.68. The maximum absolute atomic E-state index is 12.8. The van der Waals surface area contributed by atoms with Gasteiger partial charge in [-0.1, -0.05) is 65.3 Å². The fraction of sp³-hybridized carbons (Fsp3) is 0.250. The lowest BCUT2D eigenvalue weighted by Crippen LogP contribution is -2.24. The largest absolute Gasteiger partial charge is 0.329 e. The monoisotopic (exact) mass is 406 g/mol. The minimum Gasteiger partial charge on any atom is -0.298 e.